The number of rotatable bonds is 6. The summed E-state index contributed by atoms with van der Waals surface area (Å²) in [4.78, 5) is 12.8. The summed E-state index contributed by atoms with van der Waals surface area (Å²) in [6.45, 7) is 2.87. The lowest BCUT2D eigenvalue weighted by Crippen LogP contribution is -2.35. The standard InChI is InChI=1S/C21H24ClN3O5S/c1-14(23-15-5-8-19-20(11-15)30-13-29-19)21(26)24-18-12-16(6-7-17(18)22)31(27,28)25-9-3-2-4-10-25/h5-8,11-12,14,23H,2-4,9-10,13H2,1H3,(H,24,26)/t14-/m1/s1. The molecule has 8 nitrogen and oxygen atoms in total. The molecule has 0 radical (unpaired) electrons. The minimum Gasteiger partial charge on any atom is -0.454 e. The van der Waals surface area contributed by atoms with E-state index in [1.165, 1.54) is 22.5 Å². The Kier molecular flexibility index (Phi) is 6.27. The Morgan fingerprint density at radius 2 is 1.81 bits per heavy atom. The highest BCUT2D eigenvalue weighted by Gasteiger charge is 2.27. The summed E-state index contributed by atoms with van der Waals surface area (Å²) in [7, 11) is -3.63. The van der Waals surface area contributed by atoms with Crippen molar-refractivity contribution in [3.63, 3.8) is 0 Å². The molecule has 166 valence electrons. The Bertz CT molecular complexity index is 1090. The van der Waals surface area contributed by atoms with Crippen molar-refractivity contribution in [2.24, 2.45) is 0 Å². The van der Waals surface area contributed by atoms with Gasteiger partial charge in [-0.25, -0.2) is 8.42 Å². The van der Waals surface area contributed by atoms with Crippen LogP contribution in [-0.4, -0.2) is 44.6 Å². The number of hydrogen-bond acceptors (Lipinski definition) is 6. The molecule has 2 aromatic rings. The lowest BCUT2D eigenvalue weighted by atomic mass is 10.2. The van der Waals surface area contributed by atoms with Crippen LogP contribution < -0.4 is 20.1 Å². The van der Waals surface area contributed by atoms with Crippen LogP contribution in [-0.2, 0) is 14.8 Å². The number of benzene rings is 2. The molecule has 2 aliphatic heterocycles. The lowest BCUT2D eigenvalue weighted by molar-refractivity contribution is -0.116. The van der Waals surface area contributed by atoms with Crippen molar-refractivity contribution < 1.29 is 22.7 Å². The molecular weight excluding hydrogens is 442 g/mol. The van der Waals surface area contributed by atoms with E-state index in [2.05, 4.69) is 10.6 Å². The van der Waals surface area contributed by atoms with Crippen LogP contribution in [0, 0.1) is 0 Å². The number of piperidine rings is 1. The lowest BCUT2D eigenvalue weighted by Gasteiger charge is -2.26. The minimum absolute atomic E-state index is 0.116. The van der Waals surface area contributed by atoms with Crippen molar-refractivity contribution in [1.29, 1.82) is 0 Å². The monoisotopic (exact) mass is 465 g/mol. The Hall–Kier alpha value is -2.49. The van der Waals surface area contributed by atoms with Gasteiger partial charge < -0.3 is 20.1 Å². The highest BCUT2D eigenvalue weighted by molar-refractivity contribution is 7.89. The quantitative estimate of drug-likeness (QED) is 0.675. The molecule has 0 unspecified atom stereocenters. The first-order valence-corrected chi connectivity index (χ1v) is 11.9. The van der Waals surface area contributed by atoms with Crippen molar-refractivity contribution in [2.45, 2.75) is 37.1 Å². The van der Waals surface area contributed by atoms with Gasteiger partial charge in [0.2, 0.25) is 22.7 Å². The van der Waals surface area contributed by atoms with Crippen molar-refractivity contribution in [1.82, 2.24) is 4.31 Å². The van der Waals surface area contributed by atoms with Crippen molar-refractivity contribution in [2.75, 3.05) is 30.5 Å². The number of fused-ring (bicyclic) bond motifs is 1. The molecule has 0 bridgehead atoms. The molecule has 2 aromatic carbocycles. The summed E-state index contributed by atoms with van der Waals surface area (Å²) in [5, 5.41) is 6.08. The average molecular weight is 466 g/mol. The second-order valence-electron chi connectivity index (χ2n) is 7.53. The number of hydrogen-bond donors (Lipinski definition) is 2. The van der Waals surface area contributed by atoms with Crippen molar-refractivity contribution >= 4 is 38.9 Å². The summed E-state index contributed by atoms with van der Waals surface area (Å²) in [5.41, 5.74) is 0.948. The van der Waals surface area contributed by atoms with Crippen LogP contribution in [0.15, 0.2) is 41.3 Å². The third kappa shape index (κ3) is 4.73. The summed E-state index contributed by atoms with van der Waals surface area (Å²) in [6, 6.07) is 9.07. The number of nitrogens with one attached hydrogen (secondary N) is 2. The molecule has 2 aliphatic rings. The van der Waals surface area contributed by atoms with Crippen LogP contribution in [0.3, 0.4) is 0 Å². The molecule has 10 heteroatoms. The maximum absolute atomic E-state index is 12.9. The molecular formula is C21H24ClN3O5S. The van der Waals surface area contributed by atoms with Crippen LogP contribution >= 0.6 is 11.6 Å². The van der Waals surface area contributed by atoms with E-state index in [1.54, 1.807) is 25.1 Å². The van der Waals surface area contributed by atoms with Gasteiger partial charge >= 0.3 is 0 Å². The topological polar surface area (TPSA) is 97.0 Å². The minimum atomic E-state index is -3.63. The highest BCUT2D eigenvalue weighted by atomic mass is 35.5. The summed E-state index contributed by atoms with van der Waals surface area (Å²) < 4.78 is 38.0. The summed E-state index contributed by atoms with van der Waals surface area (Å²) in [5.74, 6) is 0.907. The van der Waals surface area contributed by atoms with Gasteiger partial charge in [0.1, 0.15) is 6.04 Å². The number of ether oxygens (including phenoxy) is 2. The largest absolute Gasteiger partial charge is 0.454 e. The smallest absolute Gasteiger partial charge is 0.246 e. The van der Waals surface area contributed by atoms with E-state index in [0.29, 0.717) is 30.3 Å². The van der Waals surface area contributed by atoms with Gasteiger partial charge in [-0.1, -0.05) is 18.0 Å². The molecule has 31 heavy (non-hydrogen) atoms. The van der Waals surface area contributed by atoms with Crippen molar-refractivity contribution in [3.05, 3.63) is 41.4 Å². The van der Waals surface area contributed by atoms with Crippen LogP contribution in [0.5, 0.6) is 11.5 Å². The van der Waals surface area contributed by atoms with Gasteiger partial charge in [-0.2, -0.15) is 4.31 Å². The summed E-state index contributed by atoms with van der Waals surface area (Å²) in [6.07, 6.45) is 2.72. The second-order valence-corrected chi connectivity index (χ2v) is 9.87. The first-order chi connectivity index (χ1) is 14.8. The third-order valence-corrected chi connectivity index (χ3v) is 7.52. The molecule has 1 saturated heterocycles. The molecule has 0 saturated carbocycles. The van der Waals surface area contributed by atoms with E-state index in [-0.39, 0.29) is 28.3 Å². The first kappa shape index (κ1) is 21.7. The van der Waals surface area contributed by atoms with Gasteiger partial charge in [-0.3, -0.25) is 4.79 Å². The maximum atomic E-state index is 12.9. The van der Waals surface area contributed by atoms with Gasteiger partial charge in [0.25, 0.3) is 0 Å². The van der Waals surface area contributed by atoms with E-state index in [4.69, 9.17) is 21.1 Å². The number of sulfonamides is 1. The Morgan fingerprint density at radius 1 is 1.06 bits per heavy atom. The molecule has 1 atom stereocenters. The second kappa shape index (κ2) is 8.94. The number of nitrogens with zero attached hydrogens (tertiary/aromatic N) is 1. The Morgan fingerprint density at radius 3 is 2.58 bits per heavy atom. The highest BCUT2D eigenvalue weighted by Crippen LogP contribution is 2.34. The molecule has 0 aromatic heterocycles. The van der Waals surface area contributed by atoms with E-state index in [1.807, 2.05) is 0 Å². The number of halogens is 1. The van der Waals surface area contributed by atoms with E-state index < -0.39 is 16.1 Å². The Labute approximate surface area is 186 Å². The molecule has 0 spiro atoms. The van der Waals surface area contributed by atoms with Crippen LogP contribution in [0.1, 0.15) is 26.2 Å². The summed E-state index contributed by atoms with van der Waals surface area (Å²) >= 11 is 6.23. The van der Waals surface area contributed by atoms with Gasteiger partial charge in [-0.15, -0.1) is 0 Å². The fourth-order valence-corrected chi connectivity index (χ4v) is 5.27. The fourth-order valence-electron chi connectivity index (χ4n) is 3.56. The van der Waals surface area contributed by atoms with E-state index in [0.717, 1.165) is 19.3 Å². The molecule has 2 heterocycles. The predicted molar refractivity (Wildman–Crippen MR) is 118 cm³/mol. The molecule has 4 rings (SSSR count). The molecule has 2 N–H and O–H groups in total. The zero-order chi connectivity index (χ0) is 22.0. The zero-order valence-electron chi connectivity index (χ0n) is 17.1. The third-order valence-electron chi connectivity index (χ3n) is 5.30. The van der Waals surface area contributed by atoms with Crippen molar-refractivity contribution in [3.8, 4) is 11.5 Å². The zero-order valence-corrected chi connectivity index (χ0v) is 18.6. The van der Waals surface area contributed by atoms with Gasteiger partial charge in [0, 0.05) is 24.8 Å². The van der Waals surface area contributed by atoms with E-state index >= 15 is 0 Å². The predicted octanol–water partition coefficient (Wildman–Crippen LogP) is 3.68. The first-order valence-electron chi connectivity index (χ1n) is 10.1. The Balaban J connectivity index is 1.46. The van der Waals surface area contributed by atoms with Crippen LogP contribution in [0.2, 0.25) is 5.02 Å². The van der Waals surface area contributed by atoms with Gasteiger partial charge in [-0.05, 0) is 50.1 Å². The van der Waals surface area contributed by atoms with Gasteiger partial charge in [0.05, 0.1) is 15.6 Å². The van der Waals surface area contributed by atoms with Gasteiger partial charge in [0.15, 0.2) is 11.5 Å². The molecule has 1 fully saturated rings. The number of carbonyl (C=O) groups is 1. The molecule has 0 aliphatic carbocycles. The number of amides is 1. The SMILES string of the molecule is C[C@@H](Nc1ccc2c(c1)OCO2)C(=O)Nc1cc(S(=O)(=O)N2CCCCC2)ccc1Cl. The molecule has 1 amide bonds. The number of anilines is 2. The fraction of sp³-hybridized carbons (Fsp3) is 0.381. The average Bonchev–Trinajstić information content (AvgIpc) is 3.23. The number of carbonyl (C=O) groups excluding carboxylic acids is 1. The normalized spacial score (nSPS) is 17.2. The van der Waals surface area contributed by atoms with E-state index in [9.17, 15) is 13.2 Å². The van der Waals surface area contributed by atoms with Crippen LogP contribution in [0.4, 0.5) is 11.4 Å². The van der Waals surface area contributed by atoms with Crippen LogP contribution in [0.25, 0.3) is 0 Å². The maximum Gasteiger partial charge on any atom is 0.246 e.